The van der Waals surface area contributed by atoms with E-state index >= 15 is 0 Å². The maximum absolute atomic E-state index is 12.6. The monoisotopic (exact) mass is 417 g/mol. The van der Waals surface area contributed by atoms with Gasteiger partial charge in [-0.15, -0.1) is 24.8 Å². The van der Waals surface area contributed by atoms with Gasteiger partial charge in [0.15, 0.2) is 0 Å². The van der Waals surface area contributed by atoms with E-state index in [1.165, 1.54) is 11.6 Å². The molecule has 2 atom stereocenters. The van der Waals surface area contributed by atoms with Crippen LogP contribution < -0.4 is 22.3 Å². The smallest absolute Gasteiger partial charge is 0.332 e. The Labute approximate surface area is 169 Å². The second-order valence-corrected chi connectivity index (χ2v) is 6.74. The molecule has 2 aromatic rings. The number of nitrogens with one attached hydrogen (secondary N) is 1. The van der Waals surface area contributed by atoms with Gasteiger partial charge < -0.3 is 11.1 Å². The van der Waals surface area contributed by atoms with Crippen molar-refractivity contribution in [3.05, 3.63) is 38.2 Å². The fourth-order valence-corrected chi connectivity index (χ4v) is 3.60. The van der Waals surface area contributed by atoms with Crippen LogP contribution in [0, 0.1) is 12.8 Å². The first-order chi connectivity index (χ1) is 11.8. The number of rotatable bonds is 3. The van der Waals surface area contributed by atoms with E-state index in [0.29, 0.717) is 17.5 Å². The lowest BCUT2D eigenvalue weighted by Crippen LogP contribution is -2.41. The van der Waals surface area contributed by atoms with Crippen molar-refractivity contribution in [1.29, 1.82) is 0 Å². The van der Waals surface area contributed by atoms with Gasteiger partial charge in [-0.25, -0.2) is 9.78 Å². The Kier molecular flexibility index (Phi) is 7.59. The zero-order valence-electron chi connectivity index (χ0n) is 15.5. The lowest BCUT2D eigenvalue weighted by Gasteiger charge is -2.19. The Morgan fingerprint density at radius 2 is 1.93 bits per heavy atom. The van der Waals surface area contributed by atoms with Crippen molar-refractivity contribution in [3.63, 3.8) is 0 Å². The number of nitrogens with zero attached hydrogens (tertiary/aromatic N) is 3. The van der Waals surface area contributed by atoms with Crippen molar-refractivity contribution >= 4 is 41.8 Å². The van der Waals surface area contributed by atoms with Crippen molar-refractivity contribution in [1.82, 2.24) is 19.4 Å². The Morgan fingerprint density at radius 1 is 1.26 bits per heavy atom. The molecule has 1 amide bonds. The standard InChI is InChI=1S/C17H23N5O3.2ClH/c1-9-7-12(15(23)20-11-6-4-5-10(11)8-18)19-14-13(9)16(24)22(3)17(25)21(14)2;;/h7,10-11H,4-6,8,18H2,1-3H3,(H,20,23);2*1H. The number of carbonyl (C=O) groups is 1. The minimum absolute atomic E-state index is 0. The average Bonchev–Trinajstić information content (AvgIpc) is 3.04. The minimum atomic E-state index is -0.471. The van der Waals surface area contributed by atoms with Crippen molar-refractivity contribution in [2.75, 3.05) is 6.54 Å². The zero-order chi connectivity index (χ0) is 18.3. The van der Waals surface area contributed by atoms with Gasteiger partial charge in [-0.2, -0.15) is 0 Å². The van der Waals surface area contributed by atoms with Gasteiger partial charge in [0.2, 0.25) is 0 Å². The molecular formula is C17H25Cl2N5O3. The molecule has 2 heterocycles. The van der Waals surface area contributed by atoms with E-state index in [1.807, 2.05) is 0 Å². The summed E-state index contributed by atoms with van der Waals surface area (Å²) in [5.74, 6) is -0.0226. The normalized spacial score (nSPS) is 18.7. The van der Waals surface area contributed by atoms with Crippen LogP contribution in [0.15, 0.2) is 15.7 Å². The van der Waals surface area contributed by atoms with Crippen LogP contribution in [0.1, 0.15) is 35.3 Å². The Balaban J connectivity index is 0.00000182. The minimum Gasteiger partial charge on any atom is -0.348 e. The number of amides is 1. The number of hydrogen-bond acceptors (Lipinski definition) is 5. The maximum Gasteiger partial charge on any atom is 0.332 e. The van der Waals surface area contributed by atoms with Crippen LogP contribution >= 0.6 is 24.8 Å². The van der Waals surface area contributed by atoms with Crippen LogP contribution in [-0.2, 0) is 14.1 Å². The van der Waals surface area contributed by atoms with E-state index < -0.39 is 11.2 Å². The second kappa shape index (κ2) is 8.86. The third-order valence-electron chi connectivity index (χ3n) is 5.12. The number of nitrogens with two attached hydrogens (primary N) is 1. The first-order valence-corrected chi connectivity index (χ1v) is 8.43. The molecule has 3 rings (SSSR count). The second-order valence-electron chi connectivity index (χ2n) is 6.74. The molecule has 27 heavy (non-hydrogen) atoms. The number of aromatic nitrogens is 3. The summed E-state index contributed by atoms with van der Waals surface area (Å²) in [5.41, 5.74) is 5.93. The molecule has 0 radical (unpaired) electrons. The lowest BCUT2D eigenvalue weighted by molar-refractivity contribution is 0.0924. The van der Waals surface area contributed by atoms with Crippen molar-refractivity contribution < 1.29 is 4.79 Å². The highest BCUT2D eigenvalue weighted by atomic mass is 35.5. The van der Waals surface area contributed by atoms with Crippen molar-refractivity contribution in [3.8, 4) is 0 Å². The summed E-state index contributed by atoms with van der Waals surface area (Å²) < 4.78 is 2.33. The van der Waals surface area contributed by atoms with Gasteiger partial charge in [-0.1, -0.05) is 6.42 Å². The number of halogens is 2. The zero-order valence-corrected chi connectivity index (χ0v) is 17.2. The maximum atomic E-state index is 12.6. The van der Waals surface area contributed by atoms with Gasteiger partial charge in [-0.05, 0) is 43.9 Å². The van der Waals surface area contributed by atoms with Gasteiger partial charge >= 0.3 is 5.69 Å². The van der Waals surface area contributed by atoms with Crippen LogP contribution in [-0.4, -0.2) is 32.6 Å². The SMILES string of the molecule is Cc1cc(C(=O)NC2CCCC2CN)nc2c1c(=O)n(C)c(=O)n2C.Cl.Cl. The number of pyridine rings is 1. The molecule has 10 heteroatoms. The summed E-state index contributed by atoms with van der Waals surface area (Å²) in [6.07, 6.45) is 2.96. The van der Waals surface area contributed by atoms with Crippen molar-refractivity contribution in [2.45, 2.75) is 32.2 Å². The summed E-state index contributed by atoms with van der Waals surface area (Å²) in [4.78, 5) is 41.4. The first-order valence-electron chi connectivity index (χ1n) is 8.43. The molecule has 1 fully saturated rings. The van der Waals surface area contributed by atoms with Gasteiger partial charge in [-0.3, -0.25) is 18.7 Å². The number of carbonyl (C=O) groups excluding carboxylic acids is 1. The van der Waals surface area contributed by atoms with E-state index in [0.717, 1.165) is 23.8 Å². The summed E-state index contributed by atoms with van der Waals surface area (Å²) >= 11 is 0. The average molecular weight is 418 g/mol. The third-order valence-corrected chi connectivity index (χ3v) is 5.12. The number of fused-ring (bicyclic) bond motifs is 1. The molecular weight excluding hydrogens is 393 g/mol. The number of aryl methyl sites for hydroxylation is 2. The molecule has 0 bridgehead atoms. The van der Waals surface area contributed by atoms with E-state index in [9.17, 15) is 14.4 Å². The molecule has 1 saturated carbocycles. The topological polar surface area (TPSA) is 112 Å². The first kappa shape index (κ1) is 23.1. The molecule has 8 nitrogen and oxygen atoms in total. The van der Waals surface area contributed by atoms with E-state index in [2.05, 4.69) is 10.3 Å². The summed E-state index contributed by atoms with van der Waals surface area (Å²) in [7, 11) is 2.97. The molecule has 2 aromatic heterocycles. The van der Waals surface area contributed by atoms with Crippen LogP contribution in [0.3, 0.4) is 0 Å². The van der Waals surface area contributed by atoms with Crippen LogP contribution in [0.25, 0.3) is 11.0 Å². The summed E-state index contributed by atoms with van der Waals surface area (Å²) in [5, 5.41) is 3.34. The third kappa shape index (κ3) is 4.02. The fraction of sp³-hybridized carbons (Fsp3) is 0.529. The van der Waals surface area contributed by atoms with E-state index in [4.69, 9.17) is 5.73 Å². The predicted molar refractivity (Wildman–Crippen MR) is 109 cm³/mol. The molecule has 3 N–H and O–H groups in total. The predicted octanol–water partition coefficient (Wildman–Crippen LogP) is 0.641. The molecule has 0 aliphatic heterocycles. The quantitative estimate of drug-likeness (QED) is 0.760. The van der Waals surface area contributed by atoms with Gasteiger partial charge in [0.25, 0.3) is 11.5 Å². The van der Waals surface area contributed by atoms with Gasteiger partial charge in [0.1, 0.15) is 11.3 Å². The molecule has 0 saturated heterocycles. The van der Waals surface area contributed by atoms with E-state index in [-0.39, 0.29) is 54.0 Å². The Morgan fingerprint density at radius 3 is 2.56 bits per heavy atom. The van der Waals surface area contributed by atoms with Crippen molar-refractivity contribution in [2.24, 2.45) is 25.7 Å². The summed E-state index contributed by atoms with van der Waals surface area (Å²) in [6, 6.07) is 1.64. The highest BCUT2D eigenvalue weighted by Crippen LogP contribution is 2.25. The number of hydrogen-bond donors (Lipinski definition) is 2. The Bertz CT molecular complexity index is 970. The fourth-order valence-electron chi connectivity index (χ4n) is 3.60. The molecule has 2 unspecified atom stereocenters. The largest absolute Gasteiger partial charge is 0.348 e. The highest BCUT2D eigenvalue weighted by Gasteiger charge is 2.28. The highest BCUT2D eigenvalue weighted by molar-refractivity contribution is 5.95. The molecule has 1 aliphatic rings. The van der Waals surface area contributed by atoms with Crippen LogP contribution in [0.2, 0.25) is 0 Å². The molecule has 150 valence electrons. The van der Waals surface area contributed by atoms with Gasteiger partial charge in [0.05, 0.1) is 5.39 Å². The molecule has 0 aromatic carbocycles. The van der Waals surface area contributed by atoms with Crippen LogP contribution in [0.4, 0.5) is 0 Å². The summed E-state index contributed by atoms with van der Waals surface area (Å²) in [6.45, 7) is 2.28. The molecule has 0 spiro atoms. The van der Waals surface area contributed by atoms with E-state index in [1.54, 1.807) is 20.0 Å². The lowest BCUT2D eigenvalue weighted by atomic mass is 10.0. The molecule has 1 aliphatic carbocycles. The van der Waals surface area contributed by atoms with Crippen LogP contribution in [0.5, 0.6) is 0 Å². The van der Waals surface area contributed by atoms with Gasteiger partial charge in [0, 0.05) is 20.1 Å². The Hall–Kier alpha value is -1.90.